The van der Waals surface area contributed by atoms with E-state index < -0.39 is 0 Å². The van der Waals surface area contributed by atoms with Gasteiger partial charge >= 0.3 is 0 Å². The largest absolute Gasteiger partial charge is 0.497 e. The van der Waals surface area contributed by atoms with E-state index in [2.05, 4.69) is 39.6 Å². The van der Waals surface area contributed by atoms with Gasteiger partial charge < -0.3 is 4.74 Å². The van der Waals surface area contributed by atoms with Crippen LogP contribution in [0.3, 0.4) is 0 Å². The summed E-state index contributed by atoms with van der Waals surface area (Å²) >= 11 is 0. The van der Waals surface area contributed by atoms with Crippen molar-refractivity contribution in [2.45, 2.75) is 5.92 Å². The van der Waals surface area contributed by atoms with Crippen LogP contribution in [0.4, 0.5) is 0 Å². The molecule has 0 amide bonds. The predicted molar refractivity (Wildman–Crippen MR) is 62.7 cm³/mol. The molecule has 0 saturated heterocycles. The van der Waals surface area contributed by atoms with E-state index >= 15 is 0 Å². The first-order valence-electron chi connectivity index (χ1n) is 4.59. The first-order chi connectivity index (χ1) is 6.81. The Morgan fingerprint density at radius 2 is 1.93 bits per heavy atom. The van der Waals surface area contributed by atoms with Crippen LogP contribution in [-0.4, -0.2) is 7.11 Å². The zero-order valence-corrected chi connectivity index (χ0v) is 9.26. The van der Waals surface area contributed by atoms with E-state index in [1.165, 1.54) is 10.9 Å². The zero-order chi connectivity index (χ0) is 9.97. The fraction of sp³-hybridized carbons (Fsp3) is 0.167. The number of hydrogen-bond donors (Lipinski definition) is 0. The van der Waals surface area contributed by atoms with Crippen molar-refractivity contribution in [1.82, 2.24) is 0 Å². The third kappa shape index (κ3) is 1.73. The fourth-order valence-electron chi connectivity index (χ4n) is 1.61. The molecule has 0 aliphatic heterocycles. The molecule has 14 heavy (non-hydrogen) atoms. The lowest BCUT2D eigenvalue weighted by molar-refractivity contribution is 0.414. The fourth-order valence-corrected chi connectivity index (χ4v) is 2.02. The number of hydrogen-bond acceptors (Lipinski definition) is 1. The van der Waals surface area contributed by atoms with Gasteiger partial charge in [0.15, 0.2) is 0 Å². The third-order valence-corrected chi connectivity index (χ3v) is 2.98. The van der Waals surface area contributed by atoms with Crippen LogP contribution >= 0.6 is 9.24 Å². The standard InChI is InChI=1S/C12H13OP/c1-13-10-7-5-9(6-8-10)11-3-2-4-12(11)14/h2-8,11H,14H2,1H3. The van der Waals surface area contributed by atoms with Crippen LogP contribution in [-0.2, 0) is 0 Å². The normalized spacial score (nSPS) is 19.6. The van der Waals surface area contributed by atoms with Crippen LogP contribution in [0.5, 0.6) is 5.75 Å². The molecule has 0 saturated carbocycles. The second kappa shape index (κ2) is 3.98. The molecule has 1 aliphatic carbocycles. The summed E-state index contributed by atoms with van der Waals surface area (Å²) in [6.45, 7) is 0. The molecule has 0 bridgehead atoms. The average molecular weight is 204 g/mol. The van der Waals surface area contributed by atoms with Crippen molar-refractivity contribution >= 4 is 9.24 Å². The second-order valence-electron chi connectivity index (χ2n) is 3.30. The van der Waals surface area contributed by atoms with E-state index in [9.17, 15) is 0 Å². The Kier molecular flexibility index (Phi) is 2.69. The lowest BCUT2D eigenvalue weighted by Crippen LogP contribution is -1.92. The van der Waals surface area contributed by atoms with Crippen LogP contribution in [0, 0.1) is 0 Å². The van der Waals surface area contributed by atoms with Gasteiger partial charge in [0.25, 0.3) is 0 Å². The molecule has 0 fully saturated rings. The van der Waals surface area contributed by atoms with E-state index in [0.717, 1.165) is 5.75 Å². The first kappa shape index (κ1) is 9.48. The van der Waals surface area contributed by atoms with Crippen molar-refractivity contribution in [2.75, 3.05) is 7.11 Å². The predicted octanol–water partition coefficient (Wildman–Crippen LogP) is 3.11. The Hall–Kier alpha value is -1.07. The Labute approximate surface area is 86.7 Å². The summed E-state index contributed by atoms with van der Waals surface area (Å²) in [5, 5.41) is 1.31. The number of ether oxygens (including phenoxy) is 1. The molecule has 0 aromatic heterocycles. The van der Waals surface area contributed by atoms with E-state index in [0.29, 0.717) is 5.92 Å². The number of benzene rings is 1. The van der Waals surface area contributed by atoms with Gasteiger partial charge in [-0.2, -0.15) is 0 Å². The summed E-state index contributed by atoms with van der Waals surface area (Å²) in [5.74, 6) is 1.33. The Balaban J connectivity index is 2.25. The molecule has 1 aliphatic rings. The van der Waals surface area contributed by atoms with Gasteiger partial charge in [0.05, 0.1) is 7.11 Å². The smallest absolute Gasteiger partial charge is 0.118 e. The molecule has 2 rings (SSSR count). The third-order valence-electron chi connectivity index (χ3n) is 2.43. The van der Waals surface area contributed by atoms with Crippen LogP contribution in [0.25, 0.3) is 0 Å². The van der Waals surface area contributed by atoms with Crippen LogP contribution in [0.1, 0.15) is 11.5 Å². The van der Waals surface area contributed by atoms with Crippen LogP contribution in [0.15, 0.2) is 47.8 Å². The van der Waals surface area contributed by atoms with Crippen molar-refractivity contribution in [3.05, 3.63) is 53.4 Å². The average Bonchev–Trinajstić information content (AvgIpc) is 2.65. The molecule has 0 radical (unpaired) electrons. The summed E-state index contributed by atoms with van der Waals surface area (Å²) in [5.41, 5.74) is 1.31. The monoisotopic (exact) mass is 204 g/mol. The first-order valence-corrected chi connectivity index (χ1v) is 5.17. The second-order valence-corrected chi connectivity index (χ2v) is 3.97. The molecule has 0 spiro atoms. The Bertz CT molecular complexity index is 376. The maximum atomic E-state index is 5.12. The van der Waals surface area contributed by atoms with Gasteiger partial charge in [-0.3, -0.25) is 0 Å². The Morgan fingerprint density at radius 1 is 1.21 bits per heavy atom. The van der Waals surface area contributed by atoms with Crippen LogP contribution in [0.2, 0.25) is 0 Å². The molecule has 2 heteroatoms. The quantitative estimate of drug-likeness (QED) is 0.672. The van der Waals surface area contributed by atoms with Gasteiger partial charge in [0, 0.05) is 5.92 Å². The maximum Gasteiger partial charge on any atom is 0.118 e. The highest BCUT2D eigenvalue weighted by molar-refractivity contribution is 7.22. The molecule has 1 aromatic rings. The maximum absolute atomic E-state index is 5.12. The zero-order valence-electron chi connectivity index (χ0n) is 8.10. The topological polar surface area (TPSA) is 9.23 Å². The Morgan fingerprint density at radius 3 is 2.43 bits per heavy atom. The molecule has 0 N–H and O–H groups in total. The summed E-state index contributed by atoms with van der Waals surface area (Å²) in [6, 6.07) is 8.22. The van der Waals surface area contributed by atoms with Crippen LogP contribution < -0.4 is 4.74 Å². The highest BCUT2D eigenvalue weighted by atomic mass is 31.0. The minimum atomic E-state index is 0.422. The van der Waals surface area contributed by atoms with E-state index in [-0.39, 0.29) is 0 Å². The molecule has 0 heterocycles. The molecule has 1 nitrogen and oxygen atoms in total. The van der Waals surface area contributed by atoms with Crippen molar-refractivity contribution in [2.24, 2.45) is 0 Å². The van der Waals surface area contributed by atoms with Crippen molar-refractivity contribution in [1.29, 1.82) is 0 Å². The van der Waals surface area contributed by atoms with Gasteiger partial charge in [-0.1, -0.05) is 30.4 Å². The molecule has 2 atom stereocenters. The van der Waals surface area contributed by atoms with E-state index in [1.54, 1.807) is 7.11 Å². The summed E-state index contributed by atoms with van der Waals surface area (Å²) in [4.78, 5) is 0. The molecule has 1 aromatic carbocycles. The summed E-state index contributed by atoms with van der Waals surface area (Å²) in [6.07, 6.45) is 6.42. The molecule has 72 valence electrons. The van der Waals surface area contributed by atoms with Gasteiger partial charge in [0.2, 0.25) is 0 Å². The van der Waals surface area contributed by atoms with Crippen molar-refractivity contribution < 1.29 is 4.74 Å². The lowest BCUT2D eigenvalue weighted by atomic mass is 10.0. The number of methoxy groups -OCH3 is 1. The molecule has 2 unspecified atom stereocenters. The molecular weight excluding hydrogens is 191 g/mol. The lowest BCUT2D eigenvalue weighted by Gasteiger charge is -2.10. The minimum absolute atomic E-state index is 0.422. The summed E-state index contributed by atoms with van der Waals surface area (Å²) < 4.78 is 5.12. The number of rotatable bonds is 2. The van der Waals surface area contributed by atoms with Gasteiger partial charge in [0.1, 0.15) is 5.75 Å². The van der Waals surface area contributed by atoms with Gasteiger partial charge in [-0.25, -0.2) is 0 Å². The van der Waals surface area contributed by atoms with E-state index in [1.807, 2.05) is 12.1 Å². The summed E-state index contributed by atoms with van der Waals surface area (Å²) in [7, 11) is 4.46. The van der Waals surface area contributed by atoms with Gasteiger partial charge in [-0.15, -0.1) is 9.24 Å². The van der Waals surface area contributed by atoms with Crippen molar-refractivity contribution in [3.63, 3.8) is 0 Å². The van der Waals surface area contributed by atoms with E-state index in [4.69, 9.17) is 4.74 Å². The van der Waals surface area contributed by atoms with Gasteiger partial charge in [-0.05, 0) is 23.0 Å². The van der Waals surface area contributed by atoms with Crippen molar-refractivity contribution in [3.8, 4) is 5.75 Å². The highest BCUT2D eigenvalue weighted by Gasteiger charge is 2.12. The SMILES string of the molecule is COc1ccc(C2C=CC=C2P)cc1. The highest BCUT2D eigenvalue weighted by Crippen LogP contribution is 2.34. The molecular formula is C12H13OP. The number of allylic oxidation sites excluding steroid dienone is 4. The minimum Gasteiger partial charge on any atom is -0.497 e.